The third-order valence-corrected chi connectivity index (χ3v) is 6.95. The first-order chi connectivity index (χ1) is 11.0. The summed E-state index contributed by atoms with van der Waals surface area (Å²) in [5.74, 6) is 1.59. The van der Waals surface area contributed by atoms with Crippen LogP contribution in [0.3, 0.4) is 0 Å². The quantitative estimate of drug-likeness (QED) is 0.615. The number of rotatable bonds is 2. The van der Waals surface area contributed by atoms with Gasteiger partial charge in [0.2, 0.25) is 0 Å². The standard InChI is InChI=1S/C20H24O3/c1-19(2)11-13-10-14-8-9-15-20(14,23-15)16(13)17(19)22-18(21)12-6-4-3-5-7-12/h3-7,13-17H,8-11H2,1-2H3. The van der Waals surface area contributed by atoms with Crippen LogP contribution in [0.4, 0.5) is 0 Å². The monoisotopic (exact) mass is 312 g/mol. The van der Waals surface area contributed by atoms with Crippen LogP contribution >= 0.6 is 0 Å². The van der Waals surface area contributed by atoms with Crippen molar-refractivity contribution in [2.75, 3.05) is 0 Å². The zero-order chi connectivity index (χ0) is 15.8. The fourth-order valence-electron chi connectivity index (χ4n) is 6.14. The van der Waals surface area contributed by atoms with Crippen molar-refractivity contribution in [1.29, 1.82) is 0 Å². The van der Waals surface area contributed by atoms with E-state index in [4.69, 9.17) is 9.47 Å². The Labute approximate surface area is 137 Å². The van der Waals surface area contributed by atoms with Crippen LogP contribution in [0.1, 0.15) is 49.9 Å². The maximum atomic E-state index is 12.6. The lowest BCUT2D eigenvalue weighted by Gasteiger charge is -2.33. The Bertz CT molecular complexity index is 652. The summed E-state index contributed by atoms with van der Waals surface area (Å²) in [6, 6.07) is 9.38. The van der Waals surface area contributed by atoms with E-state index in [-0.39, 0.29) is 23.1 Å². The SMILES string of the molecule is CC1(C)CC2CC3CCC4OC34C2C1OC(=O)c1ccccc1. The predicted octanol–water partition coefficient (Wildman–Crippen LogP) is 3.83. The Morgan fingerprint density at radius 1 is 1.22 bits per heavy atom. The van der Waals surface area contributed by atoms with Gasteiger partial charge in [-0.25, -0.2) is 4.79 Å². The van der Waals surface area contributed by atoms with Gasteiger partial charge in [0.25, 0.3) is 0 Å². The van der Waals surface area contributed by atoms with Crippen LogP contribution in [0.2, 0.25) is 0 Å². The van der Waals surface area contributed by atoms with Crippen LogP contribution in [0, 0.1) is 23.2 Å². The molecule has 3 saturated carbocycles. The van der Waals surface area contributed by atoms with E-state index >= 15 is 0 Å². The van der Waals surface area contributed by atoms with Gasteiger partial charge in [0.05, 0.1) is 11.7 Å². The van der Waals surface area contributed by atoms with Crippen molar-refractivity contribution in [3.05, 3.63) is 35.9 Å². The van der Waals surface area contributed by atoms with Gasteiger partial charge in [-0.15, -0.1) is 0 Å². The second kappa shape index (κ2) is 4.38. The molecule has 3 heteroatoms. The van der Waals surface area contributed by atoms with Crippen molar-refractivity contribution in [1.82, 2.24) is 0 Å². The van der Waals surface area contributed by atoms with Crippen LogP contribution in [0.25, 0.3) is 0 Å². The number of ether oxygens (including phenoxy) is 2. The number of hydrogen-bond acceptors (Lipinski definition) is 3. The topological polar surface area (TPSA) is 38.8 Å². The van der Waals surface area contributed by atoms with Gasteiger partial charge in [0, 0.05) is 11.3 Å². The average molecular weight is 312 g/mol. The van der Waals surface area contributed by atoms with Crippen LogP contribution in [0.15, 0.2) is 30.3 Å². The molecule has 23 heavy (non-hydrogen) atoms. The molecule has 1 spiro atoms. The van der Waals surface area contributed by atoms with E-state index in [2.05, 4.69) is 13.8 Å². The minimum atomic E-state index is -0.181. The fraction of sp³-hybridized carbons (Fsp3) is 0.650. The molecule has 0 bridgehead atoms. The average Bonchev–Trinajstić information content (AvgIpc) is 2.91. The lowest BCUT2D eigenvalue weighted by atomic mass is 9.80. The smallest absolute Gasteiger partial charge is 0.338 e. The van der Waals surface area contributed by atoms with Crippen molar-refractivity contribution >= 4 is 5.97 Å². The molecular formula is C20H24O3. The molecule has 0 aromatic heterocycles. The van der Waals surface area contributed by atoms with E-state index in [0.29, 0.717) is 29.4 Å². The Morgan fingerprint density at radius 3 is 2.74 bits per heavy atom. The lowest BCUT2D eigenvalue weighted by molar-refractivity contribution is -0.0275. The van der Waals surface area contributed by atoms with Gasteiger partial charge in [-0.1, -0.05) is 32.0 Å². The summed E-state index contributed by atoms with van der Waals surface area (Å²) in [7, 11) is 0. The second-order valence-corrected chi connectivity index (χ2v) is 8.64. The molecular weight excluding hydrogens is 288 g/mol. The Hall–Kier alpha value is -1.35. The highest BCUT2D eigenvalue weighted by atomic mass is 16.6. The number of benzene rings is 1. The van der Waals surface area contributed by atoms with Crippen molar-refractivity contribution in [2.45, 2.75) is 57.3 Å². The molecule has 0 amide bonds. The summed E-state index contributed by atoms with van der Waals surface area (Å²) in [5, 5.41) is 0. The van der Waals surface area contributed by atoms with Gasteiger partial charge in [0.15, 0.2) is 0 Å². The van der Waals surface area contributed by atoms with E-state index in [1.165, 1.54) is 19.3 Å². The maximum Gasteiger partial charge on any atom is 0.338 e. The zero-order valence-electron chi connectivity index (χ0n) is 13.8. The second-order valence-electron chi connectivity index (χ2n) is 8.64. The van der Waals surface area contributed by atoms with Gasteiger partial charge in [-0.3, -0.25) is 0 Å². The normalized spacial score (nSPS) is 45.2. The maximum absolute atomic E-state index is 12.6. The van der Waals surface area contributed by atoms with Gasteiger partial charge in [-0.05, 0) is 49.7 Å². The highest BCUT2D eigenvalue weighted by molar-refractivity contribution is 5.89. The zero-order valence-corrected chi connectivity index (χ0v) is 13.8. The van der Waals surface area contributed by atoms with Crippen LogP contribution < -0.4 is 0 Å². The highest BCUT2D eigenvalue weighted by Crippen LogP contribution is 2.72. The predicted molar refractivity (Wildman–Crippen MR) is 86.0 cm³/mol. The molecule has 1 saturated heterocycles. The molecule has 3 aliphatic carbocycles. The Kier molecular flexibility index (Phi) is 2.67. The number of epoxide rings is 1. The summed E-state index contributed by atoms with van der Waals surface area (Å²) in [4.78, 5) is 12.6. The first-order valence-electron chi connectivity index (χ1n) is 8.96. The lowest BCUT2D eigenvalue weighted by Crippen LogP contribution is -2.41. The summed E-state index contributed by atoms with van der Waals surface area (Å²) in [6.45, 7) is 4.51. The summed E-state index contributed by atoms with van der Waals surface area (Å²) in [6.07, 6.45) is 5.34. The van der Waals surface area contributed by atoms with Crippen molar-refractivity contribution < 1.29 is 14.3 Å². The largest absolute Gasteiger partial charge is 0.458 e. The van der Waals surface area contributed by atoms with Crippen molar-refractivity contribution in [2.24, 2.45) is 23.2 Å². The first kappa shape index (κ1) is 14.0. The van der Waals surface area contributed by atoms with E-state index < -0.39 is 0 Å². The van der Waals surface area contributed by atoms with Crippen LogP contribution in [-0.4, -0.2) is 23.8 Å². The summed E-state index contributed by atoms with van der Waals surface area (Å²) >= 11 is 0. The summed E-state index contributed by atoms with van der Waals surface area (Å²) in [5.41, 5.74) is 0.747. The molecule has 1 aromatic carbocycles. The van der Waals surface area contributed by atoms with Gasteiger partial charge in [0.1, 0.15) is 11.7 Å². The molecule has 0 N–H and O–H groups in total. The van der Waals surface area contributed by atoms with Gasteiger partial charge in [-0.2, -0.15) is 0 Å². The molecule has 4 aliphatic rings. The molecule has 5 rings (SSSR count). The molecule has 1 heterocycles. The molecule has 4 fully saturated rings. The minimum absolute atomic E-state index is 0.0201. The van der Waals surface area contributed by atoms with Gasteiger partial charge >= 0.3 is 5.97 Å². The molecule has 0 radical (unpaired) electrons. The number of esters is 1. The van der Waals surface area contributed by atoms with Gasteiger partial charge < -0.3 is 9.47 Å². The highest BCUT2D eigenvalue weighted by Gasteiger charge is 2.78. The van der Waals surface area contributed by atoms with Crippen LogP contribution in [-0.2, 0) is 9.47 Å². The minimum Gasteiger partial charge on any atom is -0.458 e. The number of fused-ring (bicyclic) bond motifs is 1. The van der Waals surface area contributed by atoms with Crippen molar-refractivity contribution in [3.63, 3.8) is 0 Å². The Balaban J connectivity index is 1.45. The molecule has 122 valence electrons. The van der Waals surface area contributed by atoms with Crippen molar-refractivity contribution in [3.8, 4) is 0 Å². The molecule has 6 atom stereocenters. The van der Waals surface area contributed by atoms with E-state index in [9.17, 15) is 4.79 Å². The third kappa shape index (κ3) is 1.77. The number of hydrogen-bond donors (Lipinski definition) is 0. The molecule has 3 nitrogen and oxygen atoms in total. The fourth-order valence-corrected chi connectivity index (χ4v) is 6.14. The number of carbonyl (C=O) groups is 1. The van der Waals surface area contributed by atoms with E-state index in [1.807, 2.05) is 30.3 Å². The van der Waals surface area contributed by atoms with E-state index in [0.717, 1.165) is 6.42 Å². The first-order valence-corrected chi connectivity index (χ1v) is 8.96. The van der Waals surface area contributed by atoms with E-state index in [1.54, 1.807) is 0 Å². The number of carbonyl (C=O) groups excluding carboxylic acids is 1. The summed E-state index contributed by atoms with van der Waals surface area (Å²) < 4.78 is 12.3. The Morgan fingerprint density at radius 2 is 2.00 bits per heavy atom. The third-order valence-electron chi connectivity index (χ3n) is 6.95. The molecule has 1 aliphatic heterocycles. The van der Waals surface area contributed by atoms with Crippen LogP contribution in [0.5, 0.6) is 0 Å². The molecule has 6 unspecified atom stereocenters. The molecule has 1 aromatic rings.